The number of rotatable bonds is 4. The molecule has 174 valence electrons. The van der Waals surface area contributed by atoms with Gasteiger partial charge < -0.3 is 5.11 Å². The zero-order valence-corrected chi connectivity index (χ0v) is 20.6. The Morgan fingerprint density at radius 1 is 1.00 bits per heavy atom. The van der Waals surface area contributed by atoms with Gasteiger partial charge in [-0.15, -0.1) is 0 Å². The largest absolute Gasteiger partial charge is 0.393 e. The topological polar surface area (TPSA) is 20.2 Å². The maximum atomic E-state index is 10.2. The summed E-state index contributed by atoms with van der Waals surface area (Å²) < 4.78 is 0. The summed E-state index contributed by atoms with van der Waals surface area (Å²) in [6.45, 7) is 7.64. The molecule has 4 fully saturated rings. The fraction of sp³-hybridized carbons (Fsp3) is 0.867. The first-order valence-corrected chi connectivity index (χ1v) is 14.0. The second kappa shape index (κ2) is 8.66. The van der Waals surface area contributed by atoms with Crippen LogP contribution in [0.25, 0.3) is 0 Å². The van der Waals surface area contributed by atoms with E-state index >= 15 is 0 Å². The van der Waals surface area contributed by atoms with E-state index in [1.807, 2.05) is 0 Å². The van der Waals surface area contributed by atoms with E-state index in [0.717, 1.165) is 48.3 Å². The van der Waals surface area contributed by atoms with Gasteiger partial charge in [0.1, 0.15) is 0 Å². The summed E-state index contributed by atoms with van der Waals surface area (Å²) in [7, 11) is 0. The zero-order valence-electron chi connectivity index (χ0n) is 20.6. The lowest BCUT2D eigenvalue weighted by molar-refractivity contribution is -0.0492. The molecule has 0 aromatic heterocycles. The van der Waals surface area contributed by atoms with Crippen LogP contribution in [0.2, 0.25) is 0 Å². The van der Waals surface area contributed by atoms with Crippen LogP contribution in [-0.4, -0.2) is 11.2 Å². The second-order valence-corrected chi connectivity index (χ2v) is 12.8. The maximum absolute atomic E-state index is 10.2. The summed E-state index contributed by atoms with van der Waals surface area (Å²) in [4.78, 5) is 0. The molecular formula is C30H48O. The zero-order chi connectivity index (χ0) is 21.6. The SMILES string of the molecule is CCC1CCCCC1/C=C/CC1CCC2C3CC=C4CC(O)CCC4(C)C3CCC12C. The fourth-order valence-electron chi connectivity index (χ4n) is 9.55. The molecule has 1 heteroatoms. The number of aliphatic hydroxyl groups is 1. The Morgan fingerprint density at radius 3 is 2.68 bits per heavy atom. The first-order chi connectivity index (χ1) is 15.0. The molecule has 9 unspecified atom stereocenters. The van der Waals surface area contributed by atoms with Crippen LogP contribution in [0.1, 0.15) is 111 Å². The summed E-state index contributed by atoms with van der Waals surface area (Å²) >= 11 is 0. The molecule has 4 saturated carbocycles. The molecule has 0 bridgehead atoms. The van der Waals surface area contributed by atoms with Crippen molar-refractivity contribution >= 4 is 0 Å². The van der Waals surface area contributed by atoms with Gasteiger partial charge in [-0.1, -0.05) is 63.8 Å². The van der Waals surface area contributed by atoms with Gasteiger partial charge in [-0.25, -0.2) is 0 Å². The van der Waals surface area contributed by atoms with Gasteiger partial charge in [0.05, 0.1) is 6.10 Å². The highest BCUT2D eigenvalue weighted by molar-refractivity contribution is 5.25. The molecule has 0 aromatic carbocycles. The second-order valence-electron chi connectivity index (χ2n) is 12.8. The Bertz CT molecular complexity index is 705. The lowest BCUT2D eigenvalue weighted by atomic mass is 9.47. The number of allylic oxidation sites excluding steroid dienone is 3. The molecule has 0 saturated heterocycles. The molecule has 1 N–H and O–H groups in total. The average Bonchev–Trinajstić information content (AvgIpc) is 3.11. The van der Waals surface area contributed by atoms with Crippen LogP contribution in [-0.2, 0) is 0 Å². The van der Waals surface area contributed by atoms with Gasteiger partial charge in [-0.3, -0.25) is 0 Å². The van der Waals surface area contributed by atoms with E-state index in [4.69, 9.17) is 0 Å². The first kappa shape index (κ1) is 22.2. The molecule has 0 radical (unpaired) electrons. The van der Waals surface area contributed by atoms with Crippen LogP contribution in [0.15, 0.2) is 23.8 Å². The normalized spacial score (nSPS) is 49.9. The highest BCUT2D eigenvalue weighted by atomic mass is 16.3. The van der Waals surface area contributed by atoms with Crippen LogP contribution in [0.3, 0.4) is 0 Å². The molecule has 31 heavy (non-hydrogen) atoms. The van der Waals surface area contributed by atoms with Crippen LogP contribution in [0, 0.1) is 46.3 Å². The number of hydrogen-bond donors (Lipinski definition) is 1. The third-order valence-electron chi connectivity index (χ3n) is 11.6. The Labute approximate surface area is 192 Å². The minimum atomic E-state index is -0.0798. The van der Waals surface area contributed by atoms with Crippen molar-refractivity contribution < 1.29 is 5.11 Å². The summed E-state index contributed by atoms with van der Waals surface area (Å²) in [6.07, 6.45) is 26.6. The Kier molecular flexibility index (Phi) is 6.21. The number of fused-ring (bicyclic) bond motifs is 5. The van der Waals surface area contributed by atoms with Gasteiger partial charge in [-0.05, 0) is 117 Å². The smallest absolute Gasteiger partial charge is 0.0577 e. The van der Waals surface area contributed by atoms with Crippen molar-refractivity contribution in [2.45, 2.75) is 117 Å². The van der Waals surface area contributed by atoms with E-state index in [0.29, 0.717) is 10.8 Å². The first-order valence-electron chi connectivity index (χ1n) is 14.0. The minimum Gasteiger partial charge on any atom is -0.393 e. The molecule has 9 atom stereocenters. The molecule has 5 rings (SSSR count). The van der Waals surface area contributed by atoms with E-state index in [9.17, 15) is 5.11 Å². The summed E-state index contributed by atoms with van der Waals surface area (Å²) in [6, 6.07) is 0. The van der Waals surface area contributed by atoms with Crippen molar-refractivity contribution in [3.05, 3.63) is 23.8 Å². The van der Waals surface area contributed by atoms with Crippen molar-refractivity contribution in [1.82, 2.24) is 0 Å². The van der Waals surface area contributed by atoms with E-state index in [-0.39, 0.29) is 6.10 Å². The lowest BCUT2D eigenvalue weighted by Crippen LogP contribution is -2.50. The number of aliphatic hydroxyl groups excluding tert-OH is 1. The Balaban J connectivity index is 1.27. The molecule has 5 aliphatic rings. The van der Waals surface area contributed by atoms with E-state index in [1.54, 1.807) is 5.57 Å². The highest BCUT2D eigenvalue weighted by Crippen LogP contribution is 2.66. The average molecular weight is 425 g/mol. The van der Waals surface area contributed by atoms with Crippen molar-refractivity contribution in [2.24, 2.45) is 46.3 Å². The van der Waals surface area contributed by atoms with E-state index < -0.39 is 0 Å². The van der Waals surface area contributed by atoms with Crippen molar-refractivity contribution in [1.29, 1.82) is 0 Å². The Morgan fingerprint density at radius 2 is 1.84 bits per heavy atom. The summed E-state index contributed by atoms with van der Waals surface area (Å²) in [5.74, 6) is 5.43. The standard InChI is InChI=1S/C30H48O/c1-4-21-8-5-6-9-22(21)10-7-11-23-13-15-27-26-14-12-24-20-25(31)16-18-30(24,3)28(26)17-19-29(23,27)2/h7,10,12,21-23,25-28,31H,4-6,8-9,11,13-20H2,1-3H3/b10-7+. The summed E-state index contributed by atoms with van der Waals surface area (Å²) in [5.41, 5.74) is 2.57. The molecule has 0 spiro atoms. The van der Waals surface area contributed by atoms with Crippen LogP contribution in [0.4, 0.5) is 0 Å². The predicted molar refractivity (Wildman–Crippen MR) is 131 cm³/mol. The molecule has 5 aliphatic carbocycles. The molecule has 0 aliphatic heterocycles. The fourth-order valence-corrected chi connectivity index (χ4v) is 9.55. The highest BCUT2D eigenvalue weighted by Gasteiger charge is 2.58. The van der Waals surface area contributed by atoms with Gasteiger partial charge in [0.25, 0.3) is 0 Å². The van der Waals surface area contributed by atoms with Gasteiger partial charge in [0, 0.05) is 0 Å². The molecule has 0 aromatic rings. The van der Waals surface area contributed by atoms with Gasteiger partial charge >= 0.3 is 0 Å². The summed E-state index contributed by atoms with van der Waals surface area (Å²) in [5, 5.41) is 10.2. The molecule has 1 nitrogen and oxygen atoms in total. The molecule has 0 amide bonds. The quantitative estimate of drug-likeness (QED) is 0.452. The van der Waals surface area contributed by atoms with Gasteiger partial charge in [0.15, 0.2) is 0 Å². The maximum Gasteiger partial charge on any atom is 0.0577 e. The van der Waals surface area contributed by atoms with Crippen LogP contribution in [0.5, 0.6) is 0 Å². The third-order valence-corrected chi connectivity index (χ3v) is 11.6. The van der Waals surface area contributed by atoms with E-state index in [2.05, 4.69) is 39.0 Å². The minimum absolute atomic E-state index is 0.0798. The molecular weight excluding hydrogens is 376 g/mol. The third kappa shape index (κ3) is 3.79. The van der Waals surface area contributed by atoms with Crippen molar-refractivity contribution in [2.75, 3.05) is 0 Å². The van der Waals surface area contributed by atoms with Crippen molar-refractivity contribution in [3.63, 3.8) is 0 Å². The van der Waals surface area contributed by atoms with Crippen LogP contribution < -0.4 is 0 Å². The predicted octanol–water partition coefficient (Wildman–Crippen LogP) is 8.09. The van der Waals surface area contributed by atoms with Gasteiger partial charge in [0.2, 0.25) is 0 Å². The van der Waals surface area contributed by atoms with E-state index in [1.165, 1.54) is 77.0 Å². The number of hydrogen-bond acceptors (Lipinski definition) is 1. The molecule has 0 heterocycles. The monoisotopic (exact) mass is 424 g/mol. The van der Waals surface area contributed by atoms with Gasteiger partial charge in [-0.2, -0.15) is 0 Å². The lowest BCUT2D eigenvalue weighted by Gasteiger charge is -2.58. The Hall–Kier alpha value is -0.560. The van der Waals surface area contributed by atoms with Crippen LogP contribution >= 0.6 is 0 Å². The van der Waals surface area contributed by atoms with Crippen molar-refractivity contribution in [3.8, 4) is 0 Å².